The van der Waals surface area contributed by atoms with Crippen LogP contribution in [0.15, 0.2) is 80.9 Å². The summed E-state index contributed by atoms with van der Waals surface area (Å²) in [6, 6.07) is 14.5. The van der Waals surface area contributed by atoms with E-state index in [4.69, 9.17) is 9.15 Å². The van der Waals surface area contributed by atoms with Crippen LogP contribution < -0.4 is 10.2 Å². The number of ether oxygens (including phenoxy) is 1. The second-order valence-corrected chi connectivity index (χ2v) is 6.62. The molecule has 146 valence electrons. The maximum absolute atomic E-state index is 12.0. The highest BCUT2D eigenvalue weighted by atomic mass is 79.9. The fourth-order valence-corrected chi connectivity index (χ4v) is 2.79. The van der Waals surface area contributed by atoms with E-state index in [9.17, 15) is 14.7 Å². The molecule has 2 aromatic carbocycles. The van der Waals surface area contributed by atoms with Crippen molar-refractivity contribution in [1.29, 1.82) is 0 Å². The van der Waals surface area contributed by atoms with Gasteiger partial charge in [-0.3, -0.25) is 4.79 Å². The summed E-state index contributed by atoms with van der Waals surface area (Å²) < 4.78 is 11.0. The van der Waals surface area contributed by atoms with Crippen LogP contribution in [0, 0.1) is 0 Å². The number of aromatic hydroxyl groups is 1. The molecule has 0 atom stereocenters. The fraction of sp³-hybridized carbons (Fsp3) is 0. The van der Waals surface area contributed by atoms with Crippen molar-refractivity contribution >= 4 is 40.1 Å². The molecule has 1 aromatic heterocycles. The van der Waals surface area contributed by atoms with Gasteiger partial charge in [0.15, 0.2) is 0 Å². The van der Waals surface area contributed by atoms with Crippen molar-refractivity contribution in [3.8, 4) is 11.5 Å². The van der Waals surface area contributed by atoms with E-state index in [2.05, 4.69) is 26.5 Å². The minimum Gasteiger partial charge on any atom is -0.507 e. The lowest BCUT2D eigenvalue weighted by molar-refractivity contribution is -0.128. The maximum Gasteiger partial charge on any atom is 0.336 e. The van der Waals surface area contributed by atoms with Gasteiger partial charge in [-0.1, -0.05) is 28.1 Å². The Morgan fingerprint density at radius 3 is 2.72 bits per heavy atom. The molecule has 0 unspecified atom stereocenters. The summed E-state index contributed by atoms with van der Waals surface area (Å²) >= 11 is 3.33. The van der Waals surface area contributed by atoms with E-state index >= 15 is 0 Å². The van der Waals surface area contributed by atoms with E-state index in [0.29, 0.717) is 21.5 Å². The van der Waals surface area contributed by atoms with Gasteiger partial charge >= 0.3 is 5.97 Å². The van der Waals surface area contributed by atoms with Crippen LogP contribution in [-0.2, 0) is 4.79 Å². The maximum atomic E-state index is 12.0. The number of furan rings is 1. The highest BCUT2D eigenvalue weighted by Gasteiger charge is 2.09. The highest BCUT2D eigenvalue weighted by molar-refractivity contribution is 9.10. The zero-order valence-electron chi connectivity index (χ0n) is 14.9. The predicted octanol–water partition coefficient (Wildman–Crippen LogP) is 4.13. The third-order valence-corrected chi connectivity index (χ3v) is 4.03. The van der Waals surface area contributed by atoms with Crippen molar-refractivity contribution in [2.24, 2.45) is 5.10 Å². The molecule has 1 amide bonds. The van der Waals surface area contributed by atoms with Crippen LogP contribution in [-0.4, -0.2) is 23.2 Å². The van der Waals surface area contributed by atoms with Gasteiger partial charge in [-0.25, -0.2) is 10.2 Å². The molecule has 0 saturated heterocycles. The van der Waals surface area contributed by atoms with Gasteiger partial charge in [0, 0.05) is 10.5 Å². The normalized spacial score (nSPS) is 11.1. The zero-order chi connectivity index (χ0) is 20.6. The third-order valence-electron chi connectivity index (χ3n) is 3.57. The number of para-hydroxylation sites is 1. The summed E-state index contributed by atoms with van der Waals surface area (Å²) in [4.78, 5) is 24.0. The monoisotopic (exact) mass is 454 g/mol. The van der Waals surface area contributed by atoms with Crippen LogP contribution in [0.25, 0.3) is 6.08 Å². The number of amides is 1. The summed E-state index contributed by atoms with van der Waals surface area (Å²) in [5, 5.41) is 13.5. The van der Waals surface area contributed by atoms with Gasteiger partial charge in [-0.15, -0.1) is 0 Å². The van der Waals surface area contributed by atoms with Crippen molar-refractivity contribution in [3.05, 3.63) is 88.3 Å². The fourth-order valence-electron chi connectivity index (χ4n) is 2.30. The van der Waals surface area contributed by atoms with E-state index in [-0.39, 0.29) is 11.3 Å². The Balaban J connectivity index is 1.64. The summed E-state index contributed by atoms with van der Waals surface area (Å²) in [7, 11) is 0. The van der Waals surface area contributed by atoms with Gasteiger partial charge < -0.3 is 14.3 Å². The number of nitrogens with one attached hydrogen (secondary N) is 1. The molecule has 0 fully saturated rings. The minimum atomic E-state index is -0.574. The topological polar surface area (TPSA) is 101 Å². The van der Waals surface area contributed by atoms with Gasteiger partial charge in [-0.2, -0.15) is 5.10 Å². The third kappa shape index (κ3) is 5.91. The zero-order valence-corrected chi connectivity index (χ0v) is 16.5. The molecule has 0 spiro atoms. The Labute approximate surface area is 174 Å². The molecule has 0 aliphatic carbocycles. The predicted molar refractivity (Wildman–Crippen MR) is 111 cm³/mol. The molecule has 0 saturated carbocycles. The second kappa shape index (κ2) is 9.52. The lowest BCUT2D eigenvalue weighted by Crippen LogP contribution is -2.17. The van der Waals surface area contributed by atoms with Crippen LogP contribution in [0.3, 0.4) is 0 Å². The van der Waals surface area contributed by atoms with E-state index in [1.807, 2.05) is 0 Å². The number of phenolic OH excluding ortho intramolecular Hbond substituents is 1. The first kappa shape index (κ1) is 20.1. The SMILES string of the molecule is O=C(C=Cc1ccco1)Oc1cc(Br)cc(C=NNC(=O)c2ccccc2O)c1. The molecule has 0 bridgehead atoms. The van der Waals surface area contributed by atoms with Crippen molar-refractivity contribution in [2.75, 3.05) is 0 Å². The average Bonchev–Trinajstić information content (AvgIpc) is 3.20. The van der Waals surface area contributed by atoms with Crippen molar-refractivity contribution < 1.29 is 23.8 Å². The summed E-state index contributed by atoms with van der Waals surface area (Å²) in [6.45, 7) is 0. The van der Waals surface area contributed by atoms with Crippen molar-refractivity contribution in [1.82, 2.24) is 5.43 Å². The van der Waals surface area contributed by atoms with Crippen LogP contribution in [0.1, 0.15) is 21.7 Å². The number of esters is 1. The van der Waals surface area contributed by atoms with E-state index in [1.165, 1.54) is 36.8 Å². The second-order valence-electron chi connectivity index (χ2n) is 5.71. The Kier molecular flexibility index (Phi) is 6.59. The number of hydrogen-bond donors (Lipinski definition) is 2. The largest absolute Gasteiger partial charge is 0.507 e. The molecule has 1 heterocycles. The molecule has 7 nitrogen and oxygen atoms in total. The summed E-state index contributed by atoms with van der Waals surface area (Å²) in [5.74, 6) is -0.440. The number of carbonyl (C=O) groups is 2. The molecular formula is C21H15BrN2O5. The first-order valence-electron chi connectivity index (χ1n) is 8.36. The molecule has 0 radical (unpaired) electrons. The van der Waals surface area contributed by atoms with E-state index in [0.717, 1.165) is 0 Å². The molecule has 29 heavy (non-hydrogen) atoms. The van der Waals surface area contributed by atoms with Gasteiger partial charge in [0.1, 0.15) is 17.3 Å². The molecule has 8 heteroatoms. The number of halogens is 1. The Morgan fingerprint density at radius 1 is 1.14 bits per heavy atom. The van der Waals surface area contributed by atoms with Crippen molar-refractivity contribution in [3.63, 3.8) is 0 Å². The van der Waals surface area contributed by atoms with Gasteiger partial charge in [0.25, 0.3) is 5.91 Å². The summed E-state index contributed by atoms with van der Waals surface area (Å²) in [5.41, 5.74) is 3.02. The number of hydrogen-bond acceptors (Lipinski definition) is 6. The molecule has 3 aromatic rings. The molecule has 0 aliphatic heterocycles. The van der Waals surface area contributed by atoms with Gasteiger partial charge in [0.05, 0.1) is 18.0 Å². The minimum absolute atomic E-state index is 0.108. The van der Waals surface area contributed by atoms with Crippen LogP contribution in [0.5, 0.6) is 11.5 Å². The molecular weight excluding hydrogens is 440 g/mol. The number of phenols is 1. The molecule has 3 rings (SSSR count). The van der Waals surface area contributed by atoms with Crippen molar-refractivity contribution in [2.45, 2.75) is 0 Å². The van der Waals surface area contributed by atoms with Crippen LogP contribution >= 0.6 is 15.9 Å². The number of carbonyl (C=O) groups excluding carboxylic acids is 2. The lowest BCUT2D eigenvalue weighted by atomic mass is 10.2. The van der Waals surface area contributed by atoms with Gasteiger partial charge in [0.2, 0.25) is 0 Å². The number of nitrogens with zero attached hydrogens (tertiary/aromatic N) is 1. The number of hydrazone groups is 1. The highest BCUT2D eigenvalue weighted by Crippen LogP contribution is 2.21. The Bertz CT molecular complexity index is 1070. The first-order valence-corrected chi connectivity index (χ1v) is 9.16. The lowest BCUT2D eigenvalue weighted by Gasteiger charge is -2.04. The quantitative estimate of drug-likeness (QED) is 0.191. The summed E-state index contributed by atoms with van der Waals surface area (Å²) in [6.07, 6.45) is 5.64. The number of rotatable bonds is 6. The number of benzene rings is 2. The van der Waals surface area contributed by atoms with Crippen LogP contribution in [0.2, 0.25) is 0 Å². The standard InChI is InChI=1S/C21H15BrN2O5/c22-15-10-14(13-23-24-21(27)18-5-1-2-6-19(18)25)11-17(12-15)29-20(26)8-7-16-4-3-9-28-16/h1-13,25H,(H,24,27). The molecule has 2 N–H and O–H groups in total. The Hall–Kier alpha value is -3.65. The Morgan fingerprint density at radius 2 is 1.97 bits per heavy atom. The smallest absolute Gasteiger partial charge is 0.336 e. The van der Waals surface area contributed by atoms with Crippen LogP contribution in [0.4, 0.5) is 0 Å². The van der Waals surface area contributed by atoms with Gasteiger partial charge in [-0.05, 0) is 54.1 Å². The molecule has 0 aliphatic rings. The van der Waals surface area contributed by atoms with E-state index in [1.54, 1.807) is 42.5 Å². The first-order chi connectivity index (χ1) is 14.0. The average molecular weight is 455 g/mol. The van der Waals surface area contributed by atoms with E-state index < -0.39 is 11.9 Å².